The van der Waals surface area contributed by atoms with Gasteiger partial charge >= 0.3 is 0 Å². The summed E-state index contributed by atoms with van der Waals surface area (Å²) >= 11 is 6.06. The molecule has 3 N–H and O–H groups in total. The van der Waals surface area contributed by atoms with Crippen LogP contribution in [-0.4, -0.2) is 16.9 Å². The van der Waals surface area contributed by atoms with E-state index in [1.807, 2.05) is 0 Å². The summed E-state index contributed by atoms with van der Waals surface area (Å²) in [6, 6.07) is 0. The maximum Gasteiger partial charge on any atom is 0.149 e. The van der Waals surface area contributed by atoms with Crippen molar-refractivity contribution in [1.29, 1.82) is 0 Å². The fourth-order valence-corrected chi connectivity index (χ4v) is 2.25. The second-order valence-corrected chi connectivity index (χ2v) is 4.05. The summed E-state index contributed by atoms with van der Waals surface area (Å²) in [7, 11) is 0. The minimum Gasteiger partial charge on any atom is -0.326 e. The smallest absolute Gasteiger partial charge is 0.149 e. The van der Waals surface area contributed by atoms with Crippen LogP contribution in [0.5, 0.6) is 0 Å². The minimum atomic E-state index is -0.547. The van der Waals surface area contributed by atoms with Crippen LogP contribution in [0.25, 0.3) is 16.6 Å². The molecule has 2 rings (SSSR count). The average molecular weight is 267 g/mol. The maximum absolute atomic E-state index is 14.2. The monoisotopic (exact) mass is 266 g/mol. The third kappa shape index (κ3) is 1.72. The number of nitrogens with zero attached hydrogens (tertiary/aromatic N) is 2. The van der Waals surface area contributed by atoms with Crippen LogP contribution in [0.4, 0.5) is 4.39 Å². The molecule has 1 aromatic heterocycles. The van der Waals surface area contributed by atoms with Gasteiger partial charge in [0.2, 0.25) is 0 Å². The Morgan fingerprint density at radius 1 is 1.72 bits per heavy atom. The molecule has 0 spiro atoms. The summed E-state index contributed by atoms with van der Waals surface area (Å²) in [4.78, 5) is 3.85. The first-order valence-electron chi connectivity index (χ1n) is 5.32. The van der Waals surface area contributed by atoms with Gasteiger partial charge in [0, 0.05) is 23.1 Å². The second-order valence-electron chi connectivity index (χ2n) is 3.68. The van der Waals surface area contributed by atoms with Crippen molar-refractivity contribution in [3.05, 3.63) is 34.2 Å². The second kappa shape index (κ2) is 4.88. The van der Waals surface area contributed by atoms with Gasteiger partial charge in [0.1, 0.15) is 5.82 Å². The van der Waals surface area contributed by atoms with Crippen LogP contribution in [0, 0.1) is 5.82 Å². The number of allylic oxidation sites excluding steroid dienone is 1. The molecule has 0 unspecified atom stereocenters. The van der Waals surface area contributed by atoms with E-state index in [0.29, 0.717) is 27.7 Å². The largest absolute Gasteiger partial charge is 0.326 e. The first-order chi connectivity index (χ1) is 8.65. The summed E-state index contributed by atoms with van der Waals surface area (Å²) in [6.07, 6.45) is 3.28. The summed E-state index contributed by atoms with van der Waals surface area (Å²) < 4.78 is 14.2. The Hall–Kier alpha value is -1.72. The molecule has 0 aliphatic rings. The molecule has 1 aromatic carbocycles. The summed E-state index contributed by atoms with van der Waals surface area (Å²) in [5.41, 5.74) is 7.38. The lowest BCUT2D eigenvalue weighted by Gasteiger charge is -2.11. The first-order valence-corrected chi connectivity index (χ1v) is 5.69. The number of benzene rings is 1. The van der Waals surface area contributed by atoms with Crippen LogP contribution in [-0.2, 0) is 6.54 Å². The van der Waals surface area contributed by atoms with Gasteiger partial charge in [0.05, 0.1) is 22.4 Å². The van der Waals surface area contributed by atoms with Gasteiger partial charge in [-0.05, 0) is 13.6 Å². The SMILES string of the molecule is C=N/C(=C\C)c1c(Cl)c(F)c(CN)c2[nH]ncc12. The van der Waals surface area contributed by atoms with Crippen LogP contribution in [0.3, 0.4) is 0 Å². The lowest BCUT2D eigenvalue weighted by molar-refractivity contribution is 0.613. The maximum atomic E-state index is 14.2. The third-order valence-corrected chi connectivity index (χ3v) is 3.15. The zero-order valence-corrected chi connectivity index (χ0v) is 10.6. The fourth-order valence-electron chi connectivity index (χ4n) is 1.93. The number of halogens is 2. The van der Waals surface area contributed by atoms with Crippen LogP contribution in [0.1, 0.15) is 18.1 Å². The molecule has 0 fully saturated rings. The number of fused-ring (bicyclic) bond motifs is 1. The predicted molar refractivity (Wildman–Crippen MR) is 72.2 cm³/mol. The molecule has 1 heterocycles. The zero-order chi connectivity index (χ0) is 13.3. The molecular weight excluding hydrogens is 255 g/mol. The minimum absolute atomic E-state index is 0.00940. The van der Waals surface area contributed by atoms with Gasteiger partial charge < -0.3 is 5.73 Å². The van der Waals surface area contributed by atoms with E-state index in [-0.39, 0.29) is 11.6 Å². The van der Waals surface area contributed by atoms with Gasteiger partial charge in [-0.2, -0.15) is 5.10 Å². The Kier molecular flexibility index (Phi) is 3.45. The number of hydrogen-bond acceptors (Lipinski definition) is 3. The Morgan fingerprint density at radius 2 is 2.44 bits per heavy atom. The van der Waals surface area contributed by atoms with E-state index in [1.54, 1.807) is 19.2 Å². The number of aromatic nitrogens is 2. The van der Waals surface area contributed by atoms with Gasteiger partial charge in [-0.3, -0.25) is 10.1 Å². The van der Waals surface area contributed by atoms with Crippen LogP contribution in [0.2, 0.25) is 5.02 Å². The number of hydrogen-bond donors (Lipinski definition) is 2. The highest BCUT2D eigenvalue weighted by atomic mass is 35.5. The molecule has 0 bridgehead atoms. The van der Waals surface area contributed by atoms with E-state index in [9.17, 15) is 4.39 Å². The quantitative estimate of drug-likeness (QED) is 0.839. The standard InChI is InChI=1S/C12H12ClFN4/c1-3-8(16-2)9-7-5-17-18-12(7)6(4-15)11(14)10(9)13/h3,5H,2,4,15H2,1H3,(H,17,18)/b8-3-. The molecule has 18 heavy (non-hydrogen) atoms. The molecule has 0 amide bonds. The van der Waals surface area contributed by atoms with Gasteiger partial charge in [-0.1, -0.05) is 17.7 Å². The molecule has 0 aliphatic carbocycles. The van der Waals surface area contributed by atoms with E-state index in [4.69, 9.17) is 17.3 Å². The molecule has 0 aliphatic heterocycles. The molecule has 2 aromatic rings. The first kappa shape index (κ1) is 12.7. The summed E-state index contributed by atoms with van der Waals surface area (Å²) in [6.45, 7) is 5.28. The molecular formula is C12H12ClFN4. The van der Waals surface area contributed by atoms with Crippen LogP contribution in [0.15, 0.2) is 17.3 Å². The lowest BCUT2D eigenvalue weighted by Crippen LogP contribution is -2.03. The van der Waals surface area contributed by atoms with Crippen molar-refractivity contribution in [3.63, 3.8) is 0 Å². The summed E-state index contributed by atoms with van der Waals surface area (Å²) in [5.74, 6) is -0.547. The molecule has 0 radical (unpaired) electrons. The van der Waals surface area contributed by atoms with Crippen molar-refractivity contribution in [2.75, 3.05) is 0 Å². The van der Waals surface area contributed by atoms with Gasteiger partial charge in [0.25, 0.3) is 0 Å². The van der Waals surface area contributed by atoms with Gasteiger partial charge in [-0.15, -0.1) is 0 Å². The number of aliphatic imine (C=N–C) groups is 1. The van der Waals surface area contributed by atoms with E-state index >= 15 is 0 Å². The molecule has 4 nitrogen and oxygen atoms in total. The lowest BCUT2D eigenvalue weighted by atomic mass is 10.0. The van der Waals surface area contributed by atoms with Crippen molar-refractivity contribution >= 4 is 34.9 Å². The summed E-state index contributed by atoms with van der Waals surface area (Å²) in [5, 5.41) is 7.31. The zero-order valence-electron chi connectivity index (χ0n) is 9.80. The van der Waals surface area contributed by atoms with E-state index in [0.717, 1.165) is 0 Å². The van der Waals surface area contributed by atoms with Crippen LogP contribution < -0.4 is 5.73 Å². The van der Waals surface area contributed by atoms with E-state index in [1.165, 1.54) is 0 Å². The van der Waals surface area contributed by atoms with Crippen LogP contribution >= 0.6 is 11.6 Å². The highest BCUT2D eigenvalue weighted by Crippen LogP contribution is 2.36. The van der Waals surface area contributed by atoms with Crippen molar-refractivity contribution < 1.29 is 4.39 Å². The molecule has 0 saturated heterocycles. The van der Waals surface area contributed by atoms with Crippen molar-refractivity contribution in [2.24, 2.45) is 10.7 Å². The Bertz CT molecular complexity index is 645. The fraction of sp³-hybridized carbons (Fsp3) is 0.167. The molecule has 94 valence electrons. The molecule has 0 atom stereocenters. The number of nitrogens with two attached hydrogens (primary N) is 1. The number of nitrogens with one attached hydrogen (secondary N) is 1. The topological polar surface area (TPSA) is 67.1 Å². The Labute approximate surface area is 108 Å². The highest BCUT2D eigenvalue weighted by Gasteiger charge is 2.20. The van der Waals surface area contributed by atoms with Gasteiger partial charge in [-0.25, -0.2) is 4.39 Å². The highest BCUT2D eigenvalue weighted by molar-refractivity contribution is 6.34. The molecule has 6 heteroatoms. The normalized spacial score (nSPS) is 12.1. The van der Waals surface area contributed by atoms with E-state index < -0.39 is 5.82 Å². The molecule has 0 saturated carbocycles. The Balaban J connectivity index is 2.94. The van der Waals surface area contributed by atoms with E-state index in [2.05, 4.69) is 21.9 Å². The Morgan fingerprint density at radius 3 is 3.00 bits per heavy atom. The number of H-pyrrole nitrogens is 1. The van der Waals surface area contributed by atoms with Crippen molar-refractivity contribution in [2.45, 2.75) is 13.5 Å². The predicted octanol–water partition coefficient (Wildman–Crippen LogP) is 2.88. The number of aromatic amines is 1. The number of rotatable bonds is 3. The van der Waals surface area contributed by atoms with Gasteiger partial charge in [0.15, 0.2) is 0 Å². The van der Waals surface area contributed by atoms with Crippen molar-refractivity contribution in [3.8, 4) is 0 Å². The third-order valence-electron chi connectivity index (χ3n) is 2.79. The van der Waals surface area contributed by atoms with Crippen molar-refractivity contribution in [1.82, 2.24) is 10.2 Å². The average Bonchev–Trinajstić information content (AvgIpc) is 2.84.